The van der Waals surface area contributed by atoms with Crippen LogP contribution in [0.4, 0.5) is 0 Å². The Balaban J connectivity index is 3.89. The molecule has 7 heteroatoms. The Morgan fingerprint density at radius 1 is 0.656 bits per heavy atom. The zero-order chi connectivity index (χ0) is 24.5. The van der Waals surface area contributed by atoms with E-state index in [0.29, 0.717) is 6.42 Å². The van der Waals surface area contributed by atoms with Crippen molar-refractivity contribution >= 4 is 17.5 Å². The largest absolute Gasteiger partial charge is 0.426 e. The lowest BCUT2D eigenvalue weighted by molar-refractivity contribution is -0.280. The molecular weight excluding hydrogens is 412 g/mol. The Morgan fingerprint density at radius 3 is 1.31 bits per heavy atom. The topological polar surface area (TPSA) is 121 Å². The quantitative estimate of drug-likeness (QED) is 0.101. The summed E-state index contributed by atoms with van der Waals surface area (Å²) in [4.78, 5) is 35.4. The highest BCUT2D eigenvalue weighted by atomic mass is 16.7. The van der Waals surface area contributed by atoms with E-state index in [1.165, 1.54) is 70.6 Å². The van der Waals surface area contributed by atoms with Gasteiger partial charge in [0.2, 0.25) is 5.60 Å². The summed E-state index contributed by atoms with van der Waals surface area (Å²) in [5.41, 5.74) is -2.99. The lowest BCUT2D eigenvalue weighted by Crippen LogP contribution is -2.66. The van der Waals surface area contributed by atoms with Gasteiger partial charge in [-0.05, 0) is 20.3 Å². The van der Waals surface area contributed by atoms with Gasteiger partial charge in [-0.1, -0.05) is 96.8 Å². The van der Waals surface area contributed by atoms with E-state index in [0.717, 1.165) is 33.1 Å². The van der Waals surface area contributed by atoms with Gasteiger partial charge in [-0.25, -0.2) is 0 Å². The van der Waals surface area contributed by atoms with Crippen molar-refractivity contribution in [1.29, 1.82) is 0 Å². The number of hydrogen-bond acceptors (Lipinski definition) is 7. The van der Waals surface area contributed by atoms with Crippen molar-refractivity contribution in [2.24, 2.45) is 0 Å². The van der Waals surface area contributed by atoms with Crippen LogP contribution in [0.15, 0.2) is 0 Å². The fourth-order valence-electron chi connectivity index (χ4n) is 3.90. The van der Waals surface area contributed by atoms with Crippen LogP contribution in [-0.2, 0) is 19.1 Å². The summed E-state index contributed by atoms with van der Waals surface area (Å²) in [6.07, 6.45) is 17.8. The molecule has 0 rings (SSSR count). The molecule has 0 saturated carbocycles. The minimum absolute atomic E-state index is 0.0353. The van der Waals surface area contributed by atoms with E-state index in [1.54, 1.807) is 0 Å². The molecule has 7 nitrogen and oxygen atoms in total. The second kappa shape index (κ2) is 17.2. The van der Waals surface area contributed by atoms with Crippen LogP contribution in [0.5, 0.6) is 0 Å². The van der Waals surface area contributed by atoms with Gasteiger partial charge in [-0.3, -0.25) is 14.4 Å². The van der Waals surface area contributed by atoms with E-state index >= 15 is 0 Å². The van der Waals surface area contributed by atoms with Gasteiger partial charge < -0.3 is 20.1 Å². The molecule has 0 aromatic carbocycles. The summed E-state index contributed by atoms with van der Waals surface area (Å²) in [7, 11) is 0. The minimum Gasteiger partial charge on any atom is -0.426 e. The highest BCUT2D eigenvalue weighted by Gasteiger charge is 2.59. The van der Waals surface area contributed by atoms with Crippen molar-refractivity contribution in [1.82, 2.24) is 0 Å². The zero-order valence-electron chi connectivity index (χ0n) is 20.5. The molecule has 0 aromatic heterocycles. The summed E-state index contributed by atoms with van der Waals surface area (Å²) in [5.74, 6) is -6.09. The number of aliphatic hydroxyl groups excluding tert-OH is 1. The number of aliphatic hydroxyl groups is 3. The maximum absolute atomic E-state index is 12.0. The summed E-state index contributed by atoms with van der Waals surface area (Å²) < 4.78 is 4.77. The Morgan fingerprint density at radius 2 is 1.00 bits per heavy atom. The number of hydrogen-bond donors (Lipinski definition) is 3. The first-order valence-corrected chi connectivity index (χ1v) is 12.4. The fourth-order valence-corrected chi connectivity index (χ4v) is 3.90. The van der Waals surface area contributed by atoms with Crippen LogP contribution >= 0.6 is 0 Å². The normalized spacial score (nSPS) is 13.6. The van der Waals surface area contributed by atoms with Crippen molar-refractivity contribution in [3.05, 3.63) is 0 Å². The van der Waals surface area contributed by atoms with Gasteiger partial charge in [0, 0.05) is 6.42 Å². The molecule has 32 heavy (non-hydrogen) atoms. The molecule has 1 atom stereocenters. The molecule has 0 spiro atoms. The van der Waals surface area contributed by atoms with Gasteiger partial charge in [0.05, 0.1) is 0 Å². The van der Waals surface area contributed by atoms with Gasteiger partial charge in [0.1, 0.15) is 6.61 Å². The van der Waals surface area contributed by atoms with Crippen LogP contribution in [0.2, 0.25) is 0 Å². The van der Waals surface area contributed by atoms with Crippen LogP contribution in [-0.4, -0.2) is 50.9 Å². The average molecular weight is 459 g/mol. The van der Waals surface area contributed by atoms with Crippen LogP contribution in [0.3, 0.4) is 0 Å². The molecule has 0 bridgehead atoms. The Labute approximate surface area is 193 Å². The van der Waals surface area contributed by atoms with Gasteiger partial charge in [0.15, 0.2) is 11.6 Å². The lowest BCUT2D eigenvalue weighted by atomic mass is 9.85. The molecule has 0 heterocycles. The summed E-state index contributed by atoms with van der Waals surface area (Å²) in [5, 5.41) is 29.9. The maximum Gasteiger partial charge on any atom is 0.308 e. The smallest absolute Gasteiger partial charge is 0.308 e. The average Bonchev–Trinajstić information content (AvgIpc) is 2.75. The van der Waals surface area contributed by atoms with Gasteiger partial charge >= 0.3 is 5.97 Å². The number of unbranched alkanes of at least 4 members (excludes halogenated alkanes) is 14. The Bertz CT molecular complexity index is 532. The molecule has 0 fully saturated rings. The Kier molecular flexibility index (Phi) is 16.5. The van der Waals surface area contributed by atoms with Crippen LogP contribution in [0.1, 0.15) is 124 Å². The predicted molar refractivity (Wildman–Crippen MR) is 124 cm³/mol. The third-order valence-electron chi connectivity index (χ3n) is 6.07. The summed E-state index contributed by atoms with van der Waals surface area (Å²) in [6, 6.07) is 0. The zero-order valence-corrected chi connectivity index (χ0v) is 20.5. The van der Waals surface area contributed by atoms with Crippen molar-refractivity contribution in [2.45, 2.75) is 135 Å². The number of carbonyl (C=O) groups is 3. The third kappa shape index (κ3) is 11.0. The standard InChI is InChI=1S/C25H46O7/c1-4-5-6-7-8-9-10-11-12-13-14-15-16-17-18-19-23(29)32-24(30,20-26)25(31,21(2)27)22(3)28/h26,30-31H,4-20H2,1-3H3. The number of ether oxygens (including phenoxy) is 1. The third-order valence-corrected chi connectivity index (χ3v) is 6.07. The molecule has 0 saturated heterocycles. The van der Waals surface area contributed by atoms with Crippen molar-refractivity contribution in [3.8, 4) is 0 Å². The molecule has 0 aliphatic carbocycles. The molecule has 0 aliphatic rings. The van der Waals surface area contributed by atoms with Gasteiger partial charge in [0.25, 0.3) is 5.79 Å². The molecule has 0 radical (unpaired) electrons. The number of rotatable bonds is 21. The number of carbonyl (C=O) groups excluding carboxylic acids is 3. The number of Topliss-reactive ketones (excluding diaryl/α,β-unsaturated/α-hetero) is 2. The lowest BCUT2D eigenvalue weighted by Gasteiger charge is -2.37. The molecule has 188 valence electrons. The molecular formula is C25H46O7. The first kappa shape index (κ1) is 30.7. The SMILES string of the molecule is CCCCCCCCCCCCCCCCCC(=O)OC(O)(CO)C(O)(C(C)=O)C(C)=O. The van der Waals surface area contributed by atoms with Crippen LogP contribution in [0.25, 0.3) is 0 Å². The summed E-state index contributed by atoms with van der Waals surface area (Å²) in [6.45, 7) is 2.73. The van der Waals surface area contributed by atoms with Crippen molar-refractivity contribution in [3.63, 3.8) is 0 Å². The second-order valence-electron chi connectivity index (χ2n) is 8.94. The van der Waals surface area contributed by atoms with Gasteiger partial charge in [-0.15, -0.1) is 0 Å². The van der Waals surface area contributed by atoms with E-state index in [1.807, 2.05) is 0 Å². The van der Waals surface area contributed by atoms with Gasteiger partial charge in [-0.2, -0.15) is 0 Å². The van der Waals surface area contributed by atoms with E-state index in [4.69, 9.17) is 4.74 Å². The fraction of sp³-hybridized carbons (Fsp3) is 0.880. The molecule has 1 unspecified atom stereocenters. The number of esters is 1. The highest BCUT2D eigenvalue weighted by molar-refractivity contribution is 6.09. The monoisotopic (exact) mass is 458 g/mol. The van der Waals surface area contributed by atoms with E-state index in [9.17, 15) is 29.7 Å². The second-order valence-corrected chi connectivity index (χ2v) is 8.94. The summed E-state index contributed by atoms with van der Waals surface area (Å²) >= 11 is 0. The highest BCUT2D eigenvalue weighted by Crippen LogP contribution is 2.27. The first-order valence-electron chi connectivity index (χ1n) is 12.4. The van der Waals surface area contributed by atoms with Crippen molar-refractivity contribution in [2.75, 3.05) is 6.61 Å². The molecule has 3 N–H and O–H groups in total. The van der Waals surface area contributed by atoms with Crippen LogP contribution in [0, 0.1) is 0 Å². The van der Waals surface area contributed by atoms with Crippen molar-refractivity contribution < 1.29 is 34.4 Å². The molecule has 0 amide bonds. The maximum atomic E-state index is 12.0. The van der Waals surface area contributed by atoms with E-state index in [-0.39, 0.29) is 6.42 Å². The van der Waals surface area contributed by atoms with E-state index in [2.05, 4.69) is 6.92 Å². The minimum atomic E-state index is -2.99. The van der Waals surface area contributed by atoms with E-state index < -0.39 is 35.5 Å². The molecule has 0 aliphatic heterocycles. The molecule has 0 aromatic rings. The first-order chi connectivity index (χ1) is 15.2. The number of ketones is 2. The van der Waals surface area contributed by atoms with Crippen LogP contribution < -0.4 is 0 Å². The predicted octanol–water partition coefficient (Wildman–Crippen LogP) is 4.38. The Hall–Kier alpha value is -1.31.